The number of nitrogens with zero attached hydrogens (tertiary/aromatic N) is 3. The van der Waals surface area contributed by atoms with Crippen molar-refractivity contribution in [2.75, 3.05) is 4.90 Å². The quantitative estimate of drug-likeness (QED) is 0.382. The van der Waals surface area contributed by atoms with E-state index in [1.54, 1.807) is 25.1 Å². The number of benzene rings is 2. The number of aliphatic hydroxyl groups is 1. The minimum Gasteiger partial charge on any atom is -0.507 e. The van der Waals surface area contributed by atoms with Crippen molar-refractivity contribution < 1.29 is 19.1 Å². The molecule has 1 aliphatic rings. The number of halogens is 2. The summed E-state index contributed by atoms with van der Waals surface area (Å²) in [6, 6.07) is 10.7. The van der Waals surface area contributed by atoms with Gasteiger partial charge in [0, 0.05) is 16.1 Å². The summed E-state index contributed by atoms with van der Waals surface area (Å²) in [6.45, 7) is 1.70. The van der Waals surface area contributed by atoms with Crippen LogP contribution in [-0.4, -0.2) is 27.0 Å². The molecular weight excluding hydrogens is 417 g/mol. The van der Waals surface area contributed by atoms with Crippen LogP contribution in [0.2, 0.25) is 5.02 Å². The Morgan fingerprint density at radius 1 is 1.14 bits per heavy atom. The lowest BCUT2D eigenvalue weighted by molar-refractivity contribution is -0.132. The number of carbonyl (C=O) groups excluding carboxylic acids is 2. The van der Waals surface area contributed by atoms with E-state index >= 15 is 0 Å². The highest BCUT2D eigenvalue weighted by Gasteiger charge is 2.49. The van der Waals surface area contributed by atoms with Crippen LogP contribution in [0.15, 0.2) is 54.1 Å². The van der Waals surface area contributed by atoms with Gasteiger partial charge in [0.15, 0.2) is 0 Å². The van der Waals surface area contributed by atoms with E-state index < -0.39 is 29.3 Å². The molecule has 146 valence electrons. The summed E-state index contributed by atoms with van der Waals surface area (Å²) in [6.07, 6.45) is 0. The van der Waals surface area contributed by atoms with Gasteiger partial charge in [-0.1, -0.05) is 41.1 Å². The molecule has 29 heavy (non-hydrogen) atoms. The lowest BCUT2D eigenvalue weighted by Gasteiger charge is -2.22. The van der Waals surface area contributed by atoms with Crippen LogP contribution in [-0.2, 0) is 9.59 Å². The first-order valence-electron chi connectivity index (χ1n) is 8.50. The molecule has 1 saturated heterocycles. The van der Waals surface area contributed by atoms with Gasteiger partial charge >= 0.3 is 5.91 Å². The van der Waals surface area contributed by atoms with Crippen molar-refractivity contribution in [1.29, 1.82) is 0 Å². The molecule has 1 unspecified atom stereocenters. The first-order chi connectivity index (χ1) is 13.9. The number of carbonyl (C=O) groups is 2. The second-order valence-electron chi connectivity index (χ2n) is 6.30. The number of hydrogen-bond acceptors (Lipinski definition) is 6. The number of aromatic nitrogens is 2. The Hall–Kier alpha value is -3.10. The molecule has 0 bridgehead atoms. The number of ketones is 1. The zero-order valence-electron chi connectivity index (χ0n) is 15.0. The molecule has 0 aliphatic carbocycles. The van der Waals surface area contributed by atoms with Crippen molar-refractivity contribution in [3.63, 3.8) is 0 Å². The predicted octanol–water partition coefficient (Wildman–Crippen LogP) is 4.27. The molecule has 9 heteroatoms. The van der Waals surface area contributed by atoms with E-state index in [1.165, 1.54) is 30.3 Å². The zero-order chi connectivity index (χ0) is 20.7. The van der Waals surface area contributed by atoms with Crippen molar-refractivity contribution in [3.05, 3.63) is 81.1 Å². The van der Waals surface area contributed by atoms with Crippen LogP contribution in [0.4, 0.5) is 9.52 Å². The Labute approximate surface area is 173 Å². The van der Waals surface area contributed by atoms with Gasteiger partial charge in [-0.25, -0.2) is 4.39 Å². The molecule has 2 aromatic carbocycles. The Morgan fingerprint density at radius 3 is 2.45 bits per heavy atom. The number of hydrogen-bond donors (Lipinski definition) is 1. The van der Waals surface area contributed by atoms with Crippen LogP contribution in [0.5, 0.6) is 0 Å². The molecule has 2 heterocycles. The summed E-state index contributed by atoms with van der Waals surface area (Å²) in [7, 11) is 0. The number of Topliss-reactive ketones (excluding diaryl/α,β-unsaturated/α-hetero) is 1. The second kappa shape index (κ2) is 7.38. The third kappa shape index (κ3) is 3.30. The topological polar surface area (TPSA) is 83.4 Å². The third-order valence-electron chi connectivity index (χ3n) is 4.48. The van der Waals surface area contributed by atoms with E-state index in [2.05, 4.69) is 10.2 Å². The lowest BCUT2D eigenvalue weighted by Crippen LogP contribution is -2.29. The molecule has 4 rings (SSSR count). The van der Waals surface area contributed by atoms with Crippen LogP contribution in [0.3, 0.4) is 0 Å². The van der Waals surface area contributed by atoms with Crippen molar-refractivity contribution in [2.45, 2.75) is 13.0 Å². The first-order valence-corrected chi connectivity index (χ1v) is 9.69. The fourth-order valence-electron chi connectivity index (χ4n) is 3.17. The van der Waals surface area contributed by atoms with Gasteiger partial charge in [0.1, 0.15) is 22.6 Å². The van der Waals surface area contributed by atoms with E-state index in [0.717, 1.165) is 16.2 Å². The molecule has 0 spiro atoms. The highest BCUT2D eigenvalue weighted by molar-refractivity contribution is 7.15. The van der Waals surface area contributed by atoms with E-state index in [9.17, 15) is 19.1 Å². The Balaban J connectivity index is 1.97. The van der Waals surface area contributed by atoms with Gasteiger partial charge in [0.2, 0.25) is 5.13 Å². The second-order valence-corrected chi connectivity index (χ2v) is 7.90. The molecule has 1 N–H and O–H groups in total. The molecule has 1 atom stereocenters. The summed E-state index contributed by atoms with van der Waals surface area (Å²) in [5, 5.41) is 19.9. The van der Waals surface area contributed by atoms with E-state index in [1.807, 2.05) is 0 Å². The Morgan fingerprint density at radius 2 is 1.83 bits per heavy atom. The van der Waals surface area contributed by atoms with E-state index in [4.69, 9.17) is 11.6 Å². The zero-order valence-corrected chi connectivity index (χ0v) is 16.5. The van der Waals surface area contributed by atoms with Crippen LogP contribution in [0, 0.1) is 12.7 Å². The molecule has 0 radical (unpaired) electrons. The molecule has 1 aromatic heterocycles. The SMILES string of the molecule is Cc1nnc(N2C(=O)C(=O)/C(=C(/O)c3ccc(Cl)cc3)C2c2ccccc2F)s1. The smallest absolute Gasteiger partial charge is 0.301 e. The monoisotopic (exact) mass is 429 g/mol. The van der Waals surface area contributed by atoms with Crippen LogP contribution < -0.4 is 4.90 Å². The van der Waals surface area contributed by atoms with Gasteiger partial charge in [-0.05, 0) is 37.3 Å². The molecular formula is C20H13ClFN3O3S. The summed E-state index contributed by atoms with van der Waals surface area (Å²) in [4.78, 5) is 26.8. The van der Waals surface area contributed by atoms with Crippen LogP contribution >= 0.6 is 22.9 Å². The molecule has 0 saturated carbocycles. The highest BCUT2D eigenvalue weighted by Crippen LogP contribution is 2.43. The van der Waals surface area contributed by atoms with Crippen molar-refractivity contribution in [3.8, 4) is 0 Å². The van der Waals surface area contributed by atoms with Crippen LogP contribution in [0.1, 0.15) is 22.2 Å². The maximum absolute atomic E-state index is 14.7. The lowest BCUT2D eigenvalue weighted by atomic mass is 9.95. The maximum Gasteiger partial charge on any atom is 0.301 e. The summed E-state index contributed by atoms with van der Waals surface area (Å²) >= 11 is 6.98. The molecule has 1 amide bonds. The number of amides is 1. The predicted molar refractivity (Wildman–Crippen MR) is 107 cm³/mol. The van der Waals surface area contributed by atoms with Crippen molar-refractivity contribution in [1.82, 2.24) is 10.2 Å². The normalized spacial score (nSPS) is 18.4. The summed E-state index contributed by atoms with van der Waals surface area (Å²) < 4.78 is 14.7. The molecule has 6 nitrogen and oxygen atoms in total. The number of anilines is 1. The fraction of sp³-hybridized carbons (Fsp3) is 0.100. The summed E-state index contributed by atoms with van der Waals surface area (Å²) in [5.41, 5.74) is 0.118. The fourth-order valence-corrected chi connectivity index (χ4v) is 4.01. The minimum absolute atomic E-state index is 0.0649. The maximum atomic E-state index is 14.7. The number of aryl methyl sites for hydroxylation is 1. The average molecular weight is 430 g/mol. The Bertz CT molecular complexity index is 1160. The summed E-state index contributed by atoms with van der Waals surface area (Å²) in [5.74, 6) is -2.88. The molecule has 3 aromatic rings. The van der Waals surface area contributed by atoms with Crippen molar-refractivity contribution in [2.24, 2.45) is 0 Å². The van der Waals surface area contributed by atoms with Gasteiger partial charge in [0.25, 0.3) is 5.78 Å². The molecule has 1 fully saturated rings. The van der Waals surface area contributed by atoms with Crippen LogP contribution in [0.25, 0.3) is 5.76 Å². The van der Waals surface area contributed by atoms with Gasteiger partial charge in [0.05, 0.1) is 5.57 Å². The minimum atomic E-state index is -1.18. The Kier molecular flexibility index (Phi) is 4.89. The van der Waals surface area contributed by atoms with Gasteiger partial charge in [-0.2, -0.15) is 0 Å². The number of aliphatic hydroxyl groups excluding tert-OH is 1. The van der Waals surface area contributed by atoms with Gasteiger partial charge in [-0.3, -0.25) is 14.5 Å². The van der Waals surface area contributed by atoms with Gasteiger partial charge < -0.3 is 5.11 Å². The molecule has 1 aliphatic heterocycles. The van der Waals surface area contributed by atoms with Crippen molar-refractivity contribution >= 4 is 45.5 Å². The average Bonchev–Trinajstić information content (AvgIpc) is 3.23. The largest absolute Gasteiger partial charge is 0.507 e. The first kappa shape index (κ1) is 19.2. The van der Waals surface area contributed by atoms with E-state index in [-0.39, 0.29) is 21.8 Å². The van der Waals surface area contributed by atoms with Gasteiger partial charge in [-0.15, -0.1) is 10.2 Å². The number of rotatable bonds is 3. The third-order valence-corrected chi connectivity index (χ3v) is 5.57. The van der Waals surface area contributed by atoms with E-state index in [0.29, 0.717) is 10.0 Å². The standard InChI is InChI=1S/C20H13ClFN3O3S/c1-10-23-24-20(29-10)25-16(13-4-2-3-5-14(13)22)15(18(27)19(25)28)17(26)11-6-8-12(21)9-7-11/h2-9,16,26H,1H3/b17-15+. The highest BCUT2D eigenvalue weighted by atomic mass is 35.5.